The molecular weight excluding hydrogens is 230 g/mol. The maximum absolute atomic E-state index is 12.2. The van der Waals surface area contributed by atoms with E-state index >= 15 is 0 Å². The zero-order valence-electron chi connectivity index (χ0n) is 11.8. The van der Waals surface area contributed by atoms with Crippen LogP contribution in [0.2, 0.25) is 0 Å². The average molecular weight is 255 g/mol. The van der Waals surface area contributed by atoms with E-state index < -0.39 is 11.9 Å². The summed E-state index contributed by atoms with van der Waals surface area (Å²) >= 11 is 0. The number of aliphatic carboxylic acids is 1. The van der Waals surface area contributed by atoms with E-state index in [2.05, 4.69) is 12.2 Å². The smallest absolute Gasteiger partial charge is 0.307 e. The maximum atomic E-state index is 12.2. The van der Waals surface area contributed by atoms with E-state index in [1.54, 1.807) is 0 Å². The van der Waals surface area contributed by atoms with Gasteiger partial charge in [0.15, 0.2) is 0 Å². The number of hydrogen-bond acceptors (Lipinski definition) is 2. The zero-order valence-corrected chi connectivity index (χ0v) is 11.8. The van der Waals surface area contributed by atoms with Gasteiger partial charge in [-0.2, -0.15) is 0 Å². The fourth-order valence-corrected chi connectivity index (χ4v) is 2.55. The van der Waals surface area contributed by atoms with Crippen molar-refractivity contribution < 1.29 is 14.7 Å². The van der Waals surface area contributed by atoms with Crippen molar-refractivity contribution in [3.63, 3.8) is 0 Å². The molecule has 0 aliphatic heterocycles. The lowest BCUT2D eigenvalue weighted by Gasteiger charge is -2.27. The van der Waals surface area contributed by atoms with Gasteiger partial charge in [-0.3, -0.25) is 9.59 Å². The highest BCUT2D eigenvalue weighted by Crippen LogP contribution is 2.38. The molecule has 18 heavy (non-hydrogen) atoms. The number of carboxylic acids is 1. The van der Waals surface area contributed by atoms with Gasteiger partial charge in [-0.1, -0.05) is 20.3 Å². The third kappa shape index (κ3) is 3.47. The molecule has 1 fully saturated rings. The maximum Gasteiger partial charge on any atom is 0.307 e. The Morgan fingerprint density at radius 1 is 1.22 bits per heavy atom. The lowest BCUT2D eigenvalue weighted by molar-refractivity contribution is -0.146. The van der Waals surface area contributed by atoms with Crippen LogP contribution >= 0.6 is 0 Å². The summed E-state index contributed by atoms with van der Waals surface area (Å²) in [6.45, 7) is 8.00. The number of carboxylic acid groups (broad SMARTS) is 1. The molecule has 0 heterocycles. The molecule has 104 valence electrons. The van der Waals surface area contributed by atoms with Crippen molar-refractivity contribution in [2.24, 2.45) is 17.8 Å². The largest absolute Gasteiger partial charge is 0.481 e. The van der Waals surface area contributed by atoms with E-state index in [-0.39, 0.29) is 17.4 Å². The Morgan fingerprint density at radius 3 is 2.22 bits per heavy atom. The van der Waals surface area contributed by atoms with Gasteiger partial charge in [0.05, 0.1) is 11.8 Å². The Labute approximate surface area is 109 Å². The van der Waals surface area contributed by atoms with E-state index in [4.69, 9.17) is 0 Å². The Bertz CT molecular complexity index is 325. The summed E-state index contributed by atoms with van der Waals surface area (Å²) in [5.74, 6) is -1.43. The van der Waals surface area contributed by atoms with E-state index in [0.717, 1.165) is 12.8 Å². The Hall–Kier alpha value is -1.06. The predicted molar refractivity (Wildman–Crippen MR) is 70.1 cm³/mol. The minimum atomic E-state index is -0.833. The Kier molecular flexibility index (Phi) is 4.77. The van der Waals surface area contributed by atoms with Crippen LogP contribution < -0.4 is 5.32 Å². The van der Waals surface area contributed by atoms with Crippen LogP contribution in [0.15, 0.2) is 0 Å². The first-order chi connectivity index (χ1) is 8.30. The molecule has 0 spiro atoms. The summed E-state index contributed by atoms with van der Waals surface area (Å²) < 4.78 is 0. The molecule has 0 bridgehead atoms. The molecule has 1 aliphatic rings. The lowest BCUT2D eigenvalue weighted by Crippen LogP contribution is -2.47. The van der Waals surface area contributed by atoms with Crippen LogP contribution in [0, 0.1) is 17.8 Å². The lowest BCUT2D eigenvalue weighted by atomic mass is 9.93. The van der Waals surface area contributed by atoms with E-state index in [0.29, 0.717) is 18.8 Å². The normalized spacial score (nSPS) is 28.1. The second kappa shape index (κ2) is 5.72. The van der Waals surface area contributed by atoms with Gasteiger partial charge < -0.3 is 10.4 Å². The highest BCUT2D eigenvalue weighted by atomic mass is 16.4. The summed E-state index contributed by atoms with van der Waals surface area (Å²) in [6, 6.07) is 0. The molecule has 1 aliphatic carbocycles. The van der Waals surface area contributed by atoms with Crippen molar-refractivity contribution in [2.45, 2.75) is 58.9 Å². The third-order valence-electron chi connectivity index (χ3n) is 4.24. The van der Waals surface area contributed by atoms with Crippen molar-refractivity contribution in [1.29, 1.82) is 0 Å². The molecule has 1 amide bonds. The molecule has 1 unspecified atom stereocenters. The summed E-state index contributed by atoms with van der Waals surface area (Å²) in [5, 5.41) is 12.2. The number of amides is 1. The summed E-state index contributed by atoms with van der Waals surface area (Å²) in [4.78, 5) is 23.5. The quantitative estimate of drug-likeness (QED) is 0.793. The molecule has 0 aromatic rings. The van der Waals surface area contributed by atoms with Crippen LogP contribution in [-0.2, 0) is 9.59 Å². The average Bonchev–Trinajstić information content (AvgIpc) is 2.72. The van der Waals surface area contributed by atoms with Crippen LogP contribution in [0.4, 0.5) is 0 Å². The van der Waals surface area contributed by atoms with Crippen LogP contribution in [0.5, 0.6) is 0 Å². The minimum Gasteiger partial charge on any atom is -0.481 e. The number of hydrogen-bond donors (Lipinski definition) is 2. The van der Waals surface area contributed by atoms with Crippen molar-refractivity contribution in [3.05, 3.63) is 0 Å². The number of carbonyl (C=O) groups is 2. The van der Waals surface area contributed by atoms with Gasteiger partial charge in [0.25, 0.3) is 0 Å². The summed E-state index contributed by atoms with van der Waals surface area (Å²) in [5.41, 5.74) is -0.259. The molecule has 4 nitrogen and oxygen atoms in total. The van der Waals surface area contributed by atoms with Gasteiger partial charge in [-0.15, -0.1) is 0 Å². The van der Waals surface area contributed by atoms with Crippen molar-refractivity contribution in [2.75, 3.05) is 0 Å². The van der Waals surface area contributed by atoms with E-state index in [9.17, 15) is 14.7 Å². The van der Waals surface area contributed by atoms with Gasteiger partial charge in [0.1, 0.15) is 0 Å². The number of nitrogens with one attached hydrogen (secondary N) is 1. The van der Waals surface area contributed by atoms with Crippen molar-refractivity contribution >= 4 is 11.9 Å². The van der Waals surface area contributed by atoms with Crippen LogP contribution in [-0.4, -0.2) is 22.5 Å². The molecular formula is C14H25NO3. The highest BCUT2D eigenvalue weighted by Gasteiger charge is 2.42. The molecule has 0 saturated heterocycles. The first kappa shape index (κ1) is 15.0. The predicted octanol–water partition coefficient (Wildman–Crippen LogP) is 2.43. The molecule has 0 aromatic carbocycles. The molecule has 1 saturated carbocycles. The van der Waals surface area contributed by atoms with Gasteiger partial charge >= 0.3 is 5.97 Å². The topological polar surface area (TPSA) is 66.4 Å². The molecule has 4 heteroatoms. The molecule has 0 aromatic heterocycles. The molecule has 3 atom stereocenters. The first-order valence-corrected chi connectivity index (χ1v) is 6.85. The third-order valence-corrected chi connectivity index (χ3v) is 4.24. The van der Waals surface area contributed by atoms with Gasteiger partial charge in [0, 0.05) is 5.54 Å². The Morgan fingerprint density at radius 2 is 1.78 bits per heavy atom. The van der Waals surface area contributed by atoms with Crippen molar-refractivity contribution in [3.8, 4) is 0 Å². The van der Waals surface area contributed by atoms with Crippen LogP contribution in [0.3, 0.4) is 0 Å². The van der Waals surface area contributed by atoms with Gasteiger partial charge in [-0.05, 0) is 39.0 Å². The fraction of sp³-hybridized carbons (Fsp3) is 0.857. The second-order valence-corrected chi connectivity index (χ2v) is 6.02. The Balaban J connectivity index is 2.74. The summed E-state index contributed by atoms with van der Waals surface area (Å²) in [6.07, 6.45) is 3.13. The van der Waals surface area contributed by atoms with Crippen molar-refractivity contribution in [1.82, 2.24) is 5.32 Å². The molecule has 1 rings (SSSR count). The number of carbonyl (C=O) groups excluding carboxylic acids is 1. The van der Waals surface area contributed by atoms with Gasteiger partial charge in [-0.25, -0.2) is 0 Å². The second-order valence-electron chi connectivity index (χ2n) is 6.02. The zero-order chi connectivity index (χ0) is 13.9. The van der Waals surface area contributed by atoms with Crippen LogP contribution in [0.1, 0.15) is 53.4 Å². The molecule has 2 N–H and O–H groups in total. The fourth-order valence-electron chi connectivity index (χ4n) is 2.55. The number of rotatable bonds is 5. The highest BCUT2D eigenvalue weighted by molar-refractivity contribution is 5.85. The standard InChI is InChI=1S/C14H25NO3/c1-5-9-7-10(11(8-9)13(17)18)12(16)15-14(3,4)6-2/h9-11H,5-8H2,1-4H3,(H,15,16)(H,17,18)/t9?,10-,11+/m0/s1. The van der Waals surface area contributed by atoms with E-state index in [1.165, 1.54) is 0 Å². The first-order valence-electron chi connectivity index (χ1n) is 6.85. The monoisotopic (exact) mass is 255 g/mol. The minimum absolute atomic E-state index is 0.0924. The SMILES string of the molecule is CCC1C[C@H](C(=O)NC(C)(C)CC)[C@H](C(=O)O)C1. The van der Waals surface area contributed by atoms with Crippen LogP contribution in [0.25, 0.3) is 0 Å². The van der Waals surface area contributed by atoms with Gasteiger partial charge in [0.2, 0.25) is 5.91 Å². The summed E-state index contributed by atoms with van der Waals surface area (Å²) in [7, 11) is 0. The van der Waals surface area contributed by atoms with E-state index in [1.807, 2.05) is 20.8 Å². The molecule has 0 radical (unpaired) electrons.